The Bertz CT molecular complexity index is 856. The summed E-state index contributed by atoms with van der Waals surface area (Å²) < 4.78 is 12.0. The van der Waals surface area contributed by atoms with Crippen molar-refractivity contribution in [3.05, 3.63) is 42.1 Å². The zero-order chi connectivity index (χ0) is 22.8. The number of carbonyl (C=O) groups is 2. The van der Waals surface area contributed by atoms with Gasteiger partial charge in [0.15, 0.2) is 5.13 Å². The third-order valence-corrected chi connectivity index (χ3v) is 7.40. The fourth-order valence-corrected chi connectivity index (χ4v) is 5.23. The molecule has 3 rings (SSSR count). The topological polar surface area (TPSA) is 101 Å². The first-order chi connectivity index (χ1) is 15.5. The van der Waals surface area contributed by atoms with E-state index in [1.807, 2.05) is 35.2 Å². The first kappa shape index (κ1) is 24.5. The van der Waals surface area contributed by atoms with Gasteiger partial charge in [0.25, 0.3) is 0 Å². The van der Waals surface area contributed by atoms with E-state index in [2.05, 4.69) is 10.3 Å². The predicted molar refractivity (Wildman–Crippen MR) is 125 cm³/mol. The van der Waals surface area contributed by atoms with Gasteiger partial charge in [0, 0.05) is 19.7 Å². The number of nitrogens with zero attached hydrogens (tertiary/aromatic N) is 2. The number of carbonyl (C=O) groups excluding carboxylic acids is 1. The van der Waals surface area contributed by atoms with Crippen molar-refractivity contribution in [3.8, 4) is 0 Å². The number of ether oxygens (including phenoxy) is 2. The summed E-state index contributed by atoms with van der Waals surface area (Å²) in [5, 5.41) is 12.2. The van der Waals surface area contributed by atoms with Crippen LogP contribution in [-0.4, -0.2) is 65.2 Å². The van der Waals surface area contributed by atoms with Crippen LogP contribution in [-0.2, 0) is 20.9 Å². The number of anilines is 1. The molecule has 1 fully saturated rings. The number of carboxylic acid groups (broad SMARTS) is 1. The van der Waals surface area contributed by atoms with Crippen molar-refractivity contribution in [2.24, 2.45) is 0 Å². The first-order valence-corrected chi connectivity index (χ1v) is 12.4. The highest BCUT2D eigenvalue weighted by Gasteiger charge is 2.29. The summed E-state index contributed by atoms with van der Waals surface area (Å²) in [6.45, 7) is 1.42. The fourth-order valence-electron chi connectivity index (χ4n) is 3.65. The van der Waals surface area contributed by atoms with Crippen LogP contribution >= 0.6 is 23.1 Å². The van der Waals surface area contributed by atoms with Crippen LogP contribution in [0, 0.1) is 0 Å². The number of aliphatic carboxylic acids is 1. The highest BCUT2D eigenvalue weighted by molar-refractivity contribution is 8.01. The summed E-state index contributed by atoms with van der Waals surface area (Å²) in [5.41, 5.74) is 1.10. The minimum absolute atomic E-state index is 0.0385. The Hall–Kier alpha value is -2.14. The number of rotatable bonds is 11. The minimum Gasteiger partial charge on any atom is -0.481 e. The second-order valence-electron chi connectivity index (χ2n) is 7.49. The standard InChI is InChI=1S/C22H29N3O5S2/c1-29-18-9-7-17(8-10-18)25(11-12-30-14-16-5-3-2-4-6-16)22(28)24-21-23-13-20(32-21)31-15-19(26)27/h2-6,13,17-18H,7-12,14-15H2,1H3,(H,26,27)(H,23,24,28). The molecule has 32 heavy (non-hydrogen) atoms. The highest BCUT2D eigenvalue weighted by atomic mass is 32.2. The van der Waals surface area contributed by atoms with Crippen molar-refractivity contribution in [2.75, 3.05) is 31.3 Å². The second kappa shape index (κ2) is 12.8. The van der Waals surface area contributed by atoms with Crippen LogP contribution in [0.1, 0.15) is 31.2 Å². The molecule has 1 heterocycles. The van der Waals surface area contributed by atoms with E-state index in [4.69, 9.17) is 14.6 Å². The normalized spacial score (nSPS) is 18.3. The van der Waals surface area contributed by atoms with Crippen LogP contribution in [0.2, 0.25) is 0 Å². The van der Waals surface area contributed by atoms with Crippen LogP contribution in [0.5, 0.6) is 0 Å². The molecule has 2 amide bonds. The summed E-state index contributed by atoms with van der Waals surface area (Å²) >= 11 is 2.46. The van der Waals surface area contributed by atoms with Crippen LogP contribution < -0.4 is 5.32 Å². The van der Waals surface area contributed by atoms with E-state index in [-0.39, 0.29) is 23.9 Å². The Kier molecular flexibility index (Phi) is 9.79. The number of urea groups is 1. The van der Waals surface area contributed by atoms with Gasteiger partial charge in [-0.25, -0.2) is 9.78 Å². The molecule has 0 radical (unpaired) electrons. The zero-order valence-electron chi connectivity index (χ0n) is 18.1. The van der Waals surface area contributed by atoms with Gasteiger partial charge in [0.1, 0.15) is 0 Å². The quantitative estimate of drug-likeness (QED) is 0.365. The maximum Gasteiger partial charge on any atom is 0.323 e. The maximum absolute atomic E-state index is 13.1. The summed E-state index contributed by atoms with van der Waals surface area (Å²) in [7, 11) is 1.73. The number of carboxylic acids is 1. The molecule has 1 aliphatic carbocycles. The zero-order valence-corrected chi connectivity index (χ0v) is 19.7. The van der Waals surface area contributed by atoms with E-state index in [1.165, 1.54) is 23.1 Å². The van der Waals surface area contributed by atoms with Gasteiger partial charge in [-0.05, 0) is 31.2 Å². The molecule has 0 bridgehead atoms. The summed E-state index contributed by atoms with van der Waals surface area (Å²) in [5.74, 6) is -0.925. The number of thiazole rings is 1. The molecule has 8 nitrogen and oxygen atoms in total. The van der Waals surface area contributed by atoms with Crippen molar-refractivity contribution in [1.82, 2.24) is 9.88 Å². The molecule has 1 saturated carbocycles. The Balaban J connectivity index is 1.56. The molecule has 174 valence electrons. The number of aromatic nitrogens is 1. The lowest BCUT2D eigenvalue weighted by Gasteiger charge is -2.36. The summed E-state index contributed by atoms with van der Waals surface area (Å²) in [6, 6.07) is 9.85. The van der Waals surface area contributed by atoms with E-state index in [1.54, 1.807) is 13.3 Å². The molecule has 1 aliphatic rings. The monoisotopic (exact) mass is 479 g/mol. The first-order valence-electron chi connectivity index (χ1n) is 10.6. The molecule has 0 aliphatic heterocycles. The Morgan fingerprint density at radius 2 is 2.00 bits per heavy atom. The van der Waals surface area contributed by atoms with Gasteiger partial charge in [-0.3, -0.25) is 10.1 Å². The molecule has 1 aromatic heterocycles. The third kappa shape index (κ3) is 7.77. The van der Waals surface area contributed by atoms with Crippen molar-refractivity contribution < 1.29 is 24.2 Å². The average Bonchev–Trinajstić information content (AvgIpc) is 3.25. The number of nitrogens with one attached hydrogen (secondary N) is 1. The highest BCUT2D eigenvalue weighted by Crippen LogP contribution is 2.29. The largest absolute Gasteiger partial charge is 0.481 e. The molecular formula is C22H29N3O5S2. The van der Waals surface area contributed by atoms with Crippen molar-refractivity contribution in [1.29, 1.82) is 0 Å². The Morgan fingerprint density at radius 3 is 2.69 bits per heavy atom. The molecule has 0 unspecified atom stereocenters. The molecule has 0 spiro atoms. The predicted octanol–water partition coefficient (Wildman–Crippen LogP) is 4.33. The number of benzene rings is 1. The van der Waals surface area contributed by atoms with Crippen LogP contribution in [0.25, 0.3) is 0 Å². The minimum atomic E-state index is -0.887. The lowest BCUT2D eigenvalue weighted by atomic mass is 9.92. The molecule has 2 N–H and O–H groups in total. The average molecular weight is 480 g/mol. The molecule has 0 saturated heterocycles. The number of hydrogen-bond donors (Lipinski definition) is 2. The summed E-state index contributed by atoms with van der Waals surface area (Å²) in [6.07, 6.45) is 5.43. The van der Waals surface area contributed by atoms with Crippen molar-refractivity contribution in [3.63, 3.8) is 0 Å². The number of methoxy groups -OCH3 is 1. The van der Waals surface area contributed by atoms with Gasteiger partial charge in [-0.2, -0.15) is 0 Å². The number of thioether (sulfide) groups is 1. The van der Waals surface area contributed by atoms with Crippen molar-refractivity contribution >= 4 is 40.2 Å². The number of amides is 2. The van der Waals surface area contributed by atoms with Crippen LogP contribution in [0.15, 0.2) is 40.7 Å². The van der Waals surface area contributed by atoms with Gasteiger partial charge < -0.3 is 19.5 Å². The molecule has 1 aromatic carbocycles. The van der Waals surface area contributed by atoms with E-state index in [9.17, 15) is 9.59 Å². The molecule has 10 heteroatoms. The van der Waals surface area contributed by atoms with E-state index < -0.39 is 5.97 Å². The third-order valence-electron chi connectivity index (χ3n) is 5.30. The van der Waals surface area contributed by atoms with Crippen LogP contribution in [0.3, 0.4) is 0 Å². The van der Waals surface area contributed by atoms with E-state index >= 15 is 0 Å². The van der Waals surface area contributed by atoms with Gasteiger partial charge >= 0.3 is 12.0 Å². The smallest absolute Gasteiger partial charge is 0.323 e. The lowest BCUT2D eigenvalue weighted by Crippen LogP contribution is -2.46. The van der Waals surface area contributed by atoms with Crippen LogP contribution in [0.4, 0.5) is 9.93 Å². The fraction of sp³-hybridized carbons (Fsp3) is 0.500. The molecule has 2 aromatic rings. The van der Waals surface area contributed by atoms with E-state index in [0.29, 0.717) is 24.9 Å². The van der Waals surface area contributed by atoms with Crippen molar-refractivity contribution in [2.45, 2.75) is 48.6 Å². The van der Waals surface area contributed by atoms with Gasteiger partial charge in [0.2, 0.25) is 0 Å². The molecular weight excluding hydrogens is 450 g/mol. The van der Waals surface area contributed by atoms with Gasteiger partial charge in [-0.1, -0.05) is 41.7 Å². The lowest BCUT2D eigenvalue weighted by molar-refractivity contribution is -0.133. The SMILES string of the molecule is COC1CCC(N(CCOCc2ccccc2)C(=O)Nc2ncc(SCC(=O)O)s2)CC1. The van der Waals surface area contributed by atoms with Gasteiger partial charge in [0.05, 0.1) is 35.5 Å². The summed E-state index contributed by atoms with van der Waals surface area (Å²) in [4.78, 5) is 29.9. The number of hydrogen-bond acceptors (Lipinski definition) is 7. The van der Waals surface area contributed by atoms with Gasteiger partial charge in [-0.15, -0.1) is 11.8 Å². The van der Waals surface area contributed by atoms with E-state index in [0.717, 1.165) is 35.5 Å². The second-order valence-corrected chi connectivity index (χ2v) is 9.80. The Morgan fingerprint density at radius 1 is 1.25 bits per heavy atom. The maximum atomic E-state index is 13.1. The Labute approximate surface area is 196 Å². The molecule has 0 atom stereocenters.